The van der Waals surface area contributed by atoms with Gasteiger partial charge in [-0.2, -0.15) is 0 Å². The van der Waals surface area contributed by atoms with Gasteiger partial charge in [-0.15, -0.1) is 10.2 Å². The Morgan fingerprint density at radius 2 is 2.09 bits per heavy atom. The first-order chi connectivity index (χ1) is 10.6. The van der Waals surface area contributed by atoms with E-state index in [1.165, 1.54) is 6.39 Å². The smallest absolute Gasteiger partial charge is 0.323 e. The molecule has 0 unspecified atom stereocenters. The Kier molecular flexibility index (Phi) is 3.57. The van der Waals surface area contributed by atoms with Crippen molar-refractivity contribution in [3.05, 3.63) is 42.1 Å². The van der Waals surface area contributed by atoms with Gasteiger partial charge in [-0.25, -0.2) is 4.79 Å². The van der Waals surface area contributed by atoms with Crippen molar-refractivity contribution in [1.29, 1.82) is 0 Å². The van der Waals surface area contributed by atoms with E-state index < -0.39 is 6.03 Å². The van der Waals surface area contributed by atoms with Gasteiger partial charge in [-0.05, 0) is 32.0 Å². The van der Waals surface area contributed by atoms with E-state index in [4.69, 9.17) is 8.94 Å². The summed E-state index contributed by atoms with van der Waals surface area (Å²) in [5.74, 6) is 0.932. The average molecular weight is 299 g/mol. The van der Waals surface area contributed by atoms with Crippen LogP contribution in [0.5, 0.6) is 0 Å². The summed E-state index contributed by atoms with van der Waals surface area (Å²) in [5, 5.41) is 16.7. The fraction of sp³-hybridized carbons (Fsp3) is 0.143. The molecule has 0 aliphatic carbocycles. The van der Waals surface area contributed by atoms with Gasteiger partial charge in [0.1, 0.15) is 11.4 Å². The zero-order valence-electron chi connectivity index (χ0n) is 12.0. The lowest BCUT2D eigenvalue weighted by Gasteiger charge is -2.07. The first-order valence-corrected chi connectivity index (χ1v) is 6.51. The SMILES string of the molecule is Cc1noc(C)c1NC(=O)Nc1cccc(-c2nnco2)c1. The third-order valence-electron chi connectivity index (χ3n) is 3.00. The van der Waals surface area contributed by atoms with Gasteiger partial charge in [0.15, 0.2) is 5.76 Å². The third-order valence-corrected chi connectivity index (χ3v) is 3.00. The number of carbonyl (C=O) groups excluding carboxylic acids is 1. The molecule has 0 aliphatic heterocycles. The highest BCUT2D eigenvalue weighted by Crippen LogP contribution is 2.22. The molecule has 0 spiro atoms. The topological polar surface area (TPSA) is 106 Å². The first kappa shape index (κ1) is 13.8. The third kappa shape index (κ3) is 2.80. The van der Waals surface area contributed by atoms with E-state index in [9.17, 15) is 4.79 Å². The van der Waals surface area contributed by atoms with E-state index >= 15 is 0 Å². The molecule has 8 nitrogen and oxygen atoms in total. The Bertz CT molecular complexity index is 775. The van der Waals surface area contributed by atoms with Crippen LogP contribution >= 0.6 is 0 Å². The number of amides is 2. The lowest BCUT2D eigenvalue weighted by molar-refractivity contribution is 0.262. The van der Waals surface area contributed by atoms with Crippen molar-refractivity contribution in [2.24, 2.45) is 0 Å². The van der Waals surface area contributed by atoms with Crippen LogP contribution in [0.4, 0.5) is 16.2 Å². The summed E-state index contributed by atoms with van der Waals surface area (Å²) < 4.78 is 10.1. The average Bonchev–Trinajstić information content (AvgIpc) is 3.13. The number of aryl methyl sites for hydroxylation is 2. The summed E-state index contributed by atoms with van der Waals surface area (Å²) in [6.07, 6.45) is 1.25. The lowest BCUT2D eigenvalue weighted by atomic mass is 10.2. The second-order valence-corrected chi connectivity index (χ2v) is 4.60. The number of anilines is 2. The molecule has 112 valence electrons. The molecular formula is C14H13N5O3. The Hall–Kier alpha value is -3.16. The summed E-state index contributed by atoms with van der Waals surface area (Å²) in [6.45, 7) is 3.48. The minimum absolute atomic E-state index is 0.384. The van der Waals surface area contributed by atoms with Gasteiger partial charge < -0.3 is 19.6 Å². The molecule has 0 atom stereocenters. The van der Waals surface area contributed by atoms with Gasteiger partial charge in [0.2, 0.25) is 12.3 Å². The van der Waals surface area contributed by atoms with Crippen LogP contribution in [0.15, 0.2) is 39.6 Å². The van der Waals surface area contributed by atoms with Gasteiger partial charge >= 0.3 is 6.03 Å². The summed E-state index contributed by atoms with van der Waals surface area (Å²) in [6, 6.07) is 6.69. The zero-order valence-corrected chi connectivity index (χ0v) is 12.0. The first-order valence-electron chi connectivity index (χ1n) is 6.51. The number of rotatable bonds is 3. The zero-order chi connectivity index (χ0) is 15.5. The van der Waals surface area contributed by atoms with Crippen LogP contribution in [-0.4, -0.2) is 21.4 Å². The molecule has 3 aromatic rings. The van der Waals surface area contributed by atoms with E-state index in [0.29, 0.717) is 34.3 Å². The second-order valence-electron chi connectivity index (χ2n) is 4.60. The fourth-order valence-electron chi connectivity index (χ4n) is 1.97. The molecule has 1 aromatic carbocycles. The van der Waals surface area contributed by atoms with Crippen LogP contribution in [0.25, 0.3) is 11.5 Å². The largest absolute Gasteiger partial charge is 0.423 e. The quantitative estimate of drug-likeness (QED) is 0.770. The minimum atomic E-state index is -0.392. The van der Waals surface area contributed by atoms with Crippen LogP contribution in [0.3, 0.4) is 0 Å². The molecule has 0 saturated heterocycles. The van der Waals surface area contributed by atoms with Crippen molar-refractivity contribution >= 4 is 17.4 Å². The van der Waals surface area contributed by atoms with Gasteiger partial charge in [-0.3, -0.25) is 0 Å². The summed E-state index contributed by atoms with van der Waals surface area (Å²) in [7, 11) is 0. The second kappa shape index (κ2) is 5.68. The molecule has 8 heteroatoms. The molecule has 2 aromatic heterocycles. The number of hydrogen-bond donors (Lipinski definition) is 2. The number of carbonyl (C=O) groups is 1. The maximum Gasteiger partial charge on any atom is 0.323 e. The number of nitrogens with zero attached hydrogens (tertiary/aromatic N) is 3. The molecule has 0 fully saturated rings. The van der Waals surface area contributed by atoms with Crippen LogP contribution in [0, 0.1) is 13.8 Å². The predicted octanol–water partition coefficient (Wildman–Crippen LogP) is 2.99. The standard InChI is InChI=1S/C14H13N5O3/c1-8-12(9(2)22-19-8)17-14(20)16-11-5-3-4-10(6-11)13-18-15-7-21-13/h3-7H,1-2H3,(H2,16,17,20). The van der Waals surface area contributed by atoms with Crippen LogP contribution < -0.4 is 10.6 Å². The Balaban J connectivity index is 1.73. The Morgan fingerprint density at radius 1 is 1.23 bits per heavy atom. The molecule has 0 radical (unpaired) electrons. The molecule has 2 N–H and O–H groups in total. The summed E-state index contributed by atoms with van der Waals surface area (Å²) in [4.78, 5) is 12.0. The molecule has 2 heterocycles. The number of hydrogen-bond acceptors (Lipinski definition) is 6. The monoisotopic (exact) mass is 299 g/mol. The van der Waals surface area contributed by atoms with Gasteiger partial charge in [0.05, 0.1) is 0 Å². The molecule has 22 heavy (non-hydrogen) atoms. The van der Waals surface area contributed by atoms with E-state index in [1.54, 1.807) is 32.0 Å². The molecule has 0 bridgehead atoms. The van der Waals surface area contributed by atoms with Crippen molar-refractivity contribution in [1.82, 2.24) is 15.4 Å². The number of benzene rings is 1. The number of urea groups is 1. The number of nitrogens with one attached hydrogen (secondary N) is 2. The normalized spacial score (nSPS) is 10.5. The van der Waals surface area contributed by atoms with Crippen molar-refractivity contribution in [2.75, 3.05) is 10.6 Å². The highest BCUT2D eigenvalue weighted by Gasteiger charge is 2.12. The fourth-order valence-corrected chi connectivity index (χ4v) is 1.97. The minimum Gasteiger partial charge on any atom is -0.423 e. The molecule has 0 aliphatic rings. The van der Waals surface area contributed by atoms with E-state index in [0.717, 1.165) is 0 Å². The molecular weight excluding hydrogens is 286 g/mol. The summed E-state index contributed by atoms with van der Waals surface area (Å²) in [5.41, 5.74) is 2.49. The van der Waals surface area contributed by atoms with Crippen molar-refractivity contribution in [2.45, 2.75) is 13.8 Å². The van der Waals surface area contributed by atoms with Gasteiger partial charge in [0.25, 0.3) is 0 Å². The van der Waals surface area contributed by atoms with E-state index in [-0.39, 0.29) is 0 Å². The van der Waals surface area contributed by atoms with Gasteiger partial charge in [-0.1, -0.05) is 11.2 Å². The van der Waals surface area contributed by atoms with Crippen LogP contribution in [0.2, 0.25) is 0 Å². The Morgan fingerprint density at radius 3 is 2.77 bits per heavy atom. The Labute approximate surface area is 125 Å². The van der Waals surface area contributed by atoms with E-state index in [1.807, 2.05) is 6.07 Å². The van der Waals surface area contributed by atoms with E-state index in [2.05, 4.69) is 26.0 Å². The van der Waals surface area contributed by atoms with Gasteiger partial charge in [0, 0.05) is 11.3 Å². The van der Waals surface area contributed by atoms with Crippen LogP contribution in [0.1, 0.15) is 11.5 Å². The van der Waals surface area contributed by atoms with Crippen molar-refractivity contribution in [3.8, 4) is 11.5 Å². The maximum atomic E-state index is 12.0. The summed E-state index contributed by atoms with van der Waals surface area (Å²) >= 11 is 0. The lowest BCUT2D eigenvalue weighted by Crippen LogP contribution is -2.20. The predicted molar refractivity (Wildman–Crippen MR) is 78.4 cm³/mol. The van der Waals surface area contributed by atoms with Crippen molar-refractivity contribution < 1.29 is 13.7 Å². The maximum absolute atomic E-state index is 12.0. The molecule has 2 amide bonds. The highest BCUT2D eigenvalue weighted by atomic mass is 16.5. The highest BCUT2D eigenvalue weighted by molar-refractivity contribution is 6.00. The van der Waals surface area contributed by atoms with Crippen molar-refractivity contribution in [3.63, 3.8) is 0 Å². The van der Waals surface area contributed by atoms with Crippen LogP contribution in [-0.2, 0) is 0 Å². The molecule has 3 rings (SSSR count). The molecule has 0 saturated carbocycles. The number of aromatic nitrogens is 3.